The first-order valence-electron chi connectivity index (χ1n) is 10.5. The van der Waals surface area contributed by atoms with Crippen molar-refractivity contribution in [3.63, 3.8) is 0 Å². The highest BCUT2D eigenvalue weighted by atomic mass is 16.2. The van der Waals surface area contributed by atoms with Crippen LogP contribution in [0.5, 0.6) is 0 Å². The number of nitrogens with zero attached hydrogens (tertiary/aromatic N) is 1. The quantitative estimate of drug-likeness (QED) is 0.624. The number of imide groups is 1. The molecule has 1 saturated heterocycles. The lowest BCUT2D eigenvalue weighted by Gasteiger charge is -2.27. The van der Waals surface area contributed by atoms with Crippen molar-refractivity contribution in [3.8, 4) is 0 Å². The van der Waals surface area contributed by atoms with Gasteiger partial charge in [0.25, 0.3) is 5.91 Å². The number of rotatable bonds is 9. The first-order valence-corrected chi connectivity index (χ1v) is 10.5. The van der Waals surface area contributed by atoms with Crippen LogP contribution in [0.1, 0.15) is 50.2 Å². The largest absolute Gasteiger partial charge is 0.354 e. The number of hydrogen-bond donors (Lipinski definition) is 2. The molecule has 0 spiro atoms. The van der Waals surface area contributed by atoms with E-state index in [-0.39, 0.29) is 24.3 Å². The SMILES string of the molecule is CCCC1(c2ccccc2)NC(=O)N(CC(=O)NCC(CC)c2ccccc2)C1=O. The Kier molecular flexibility index (Phi) is 6.87. The van der Waals surface area contributed by atoms with Crippen molar-refractivity contribution in [1.82, 2.24) is 15.5 Å². The molecular weight excluding hydrogens is 378 g/mol. The average Bonchev–Trinajstić information content (AvgIpc) is 3.01. The summed E-state index contributed by atoms with van der Waals surface area (Å²) in [6.45, 7) is 4.21. The van der Waals surface area contributed by atoms with Gasteiger partial charge in [-0.3, -0.25) is 14.5 Å². The lowest BCUT2D eigenvalue weighted by Crippen LogP contribution is -2.45. The lowest BCUT2D eigenvalue weighted by atomic mass is 9.85. The fraction of sp³-hybridized carbons (Fsp3) is 0.375. The van der Waals surface area contributed by atoms with Gasteiger partial charge in [-0.25, -0.2) is 4.79 Å². The molecule has 1 heterocycles. The molecule has 2 unspecified atom stereocenters. The van der Waals surface area contributed by atoms with Crippen molar-refractivity contribution in [2.45, 2.75) is 44.6 Å². The Morgan fingerprint density at radius 1 is 1.03 bits per heavy atom. The molecule has 0 bridgehead atoms. The minimum atomic E-state index is -1.11. The second-order valence-electron chi connectivity index (χ2n) is 7.66. The molecule has 0 saturated carbocycles. The zero-order valence-corrected chi connectivity index (χ0v) is 17.6. The van der Waals surface area contributed by atoms with Gasteiger partial charge in [0.1, 0.15) is 12.1 Å². The Bertz CT molecular complexity index is 885. The van der Waals surface area contributed by atoms with E-state index in [9.17, 15) is 14.4 Å². The van der Waals surface area contributed by atoms with Crippen LogP contribution in [-0.4, -0.2) is 35.8 Å². The third-order valence-electron chi connectivity index (χ3n) is 5.68. The zero-order valence-electron chi connectivity index (χ0n) is 17.6. The first-order chi connectivity index (χ1) is 14.5. The molecule has 1 aliphatic heterocycles. The summed E-state index contributed by atoms with van der Waals surface area (Å²) in [5, 5.41) is 5.74. The number of carbonyl (C=O) groups is 3. The average molecular weight is 408 g/mol. The molecule has 0 aliphatic carbocycles. The van der Waals surface area contributed by atoms with E-state index in [1.54, 1.807) is 0 Å². The molecule has 2 aromatic rings. The normalized spacial score (nSPS) is 19.5. The fourth-order valence-corrected chi connectivity index (χ4v) is 4.04. The monoisotopic (exact) mass is 407 g/mol. The van der Waals surface area contributed by atoms with Gasteiger partial charge in [-0.2, -0.15) is 0 Å². The lowest BCUT2D eigenvalue weighted by molar-refractivity contribution is -0.135. The summed E-state index contributed by atoms with van der Waals surface area (Å²) in [4.78, 5) is 39.4. The molecule has 6 heteroatoms. The van der Waals surface area contributed by atoms with Crippen LogP contribution in [0.15, 0.2) is 60.7 Å². The van der Waals surface area contributed by atoms with Crippen molar-refractivity contribution in [3.05, 3.63) is 71.8 Å². The predicted molar refractivity (Wildman–Crippen MR) is 116 cm³/mol. The molecule has 6 nitrogen and oxygen atoms in total. The zero-order chi connectivity index (χ0) is 21.6. The second kappa shape index (κ2) is 9.57. The van der Waals surface area contributed by atoms with Gasteiger partial charge >= 0.3 is 6.03 Å². The summed E-state index contributed by atoms with van der Waals surface area (Å²) in [7, 11) is 0. The summed E-state index contributed by atoms with van der Waals surface area (Å²) in [5.41, 5.74) is 0.785. The second-order valence-corrected chi connectivity index (χ2v) is 7.66. The minimum absolute atomic E-state index is 0.182. The number of hydrogen-bond acceptors (Lipinski definition) is 3. The van der Waals surface area contributed by atoms with E-state index in [1.165, 1.54) is 0 Å². The van der Waals surface area contributed by atoms with Gasteiger partial charge in [0, 0.05) is 12.5 Å². The van der Waals surface area contributed by atoms with E-state index >= 15 is 0 Å². The first kappa shape index (κ1) is 21.6. The van der Waals surface area contributed by atoms with Gasteiger partial charge in [-0.05, 0) is 24.0 Å². The molecule has 3 rings (SSSR count). The van der Waals surface area contributed by atoms with Crippen LogP contribution < -0.4 is 10.6 Å². The smallest absolute Gasteiger partial charge is 0.325 e. The number of amides is 4. The van der Waals surface area contributed by atoms with Crippen LogP contribution in [0.3, 0.4) is 0 Å². The molecule has 2 aromatic carbocycles. The number of carbonyl (C=O) groups excluding carboxylic acids is 3. The number of nitrogens with one attached hydrogen (secondary N) is 2. The van der Waals surface area contributed by atoms with E-state index in [2.05, 4.69) is 17.6 Å². The van der Waals surface area contributed by atoms with Gasteiger partial charge in [-0.1, -0.05) is 80.9 Å². The minimum Gasteiger partial charge on any atom is -0.354 e. The molecule has 1 fully saturated rings. The van der Waals surface area contributed by atoms with Crippen LogP contribution in [0.25, 0.3) is 0 Å². The molecule has 1 aliphatic rings. The Morgan fingerprint density at radius 2 is 1.67 bits per heavy atom. The topological polar surface area (TPSA) is 78.5 Å². The molecule has 30 heavy (non-hydrogen) atoms. The van der Waals surface area contributed by atoms with Crippen LogP contribution >= 0.6 is 0 Å². The molecule has 2 N–H and O–H groups in total. The number of benzene rings is 2. The van der Waals surface area contributed by atoms with Crippen molar-refractivity contribution >= 4 is 17.8 Å². The van der Waals surface area contributed by atoms with E-state index in [4.69, 9.17) is 0 Å². The predicted octanol–water partition coefficient (Wildman–Crippen LogP) is 3.54. The Hall–Kier alpha value is -3.15. The fourth-order valence-electron chi connectivity index (χ4n) is 4.04. The van der Waals surface area contributed by atoms with Gasteiger partial charge < -0.3 is 10.6 Å². The summed E-state index contributed by atoms with van der Waals surface area (Å²) in [5.74, 6) is -0.527. The van der Waals surface area contributed by atoms with E-state index < -0.39 is 11.6 Å². The standard InChI is InChI=1S/C24H29N3O3/c1-3-15-24(20-13-9-6-10-14-20)22(29)27(23(30)26-24)17-21(28)25-16-18(4-2)19-11-7-5-8-12-19/h5-14,18H,3-4,15-17H2,1-2H3,(H,25,28)(H,26,30). The van der Waals surface area contributed by atoms with Crippen molar-refractivity contribution in [2.75, 3.05) is 13.1 Å². The van der Waals surface area contributed by atoms with Crippen LogP contribution in [0, 0.1) is 0 Å². The maximum Gasteiger partial charge on any atom is 0.325 e. The van der Waals surface area contributed by atoms with E-state index in [0.29, 0.717) is 13.0 Å². The maximum absolute atomic E-state index is 13.2. The van der Waals surface area contributed by atoms with Crippen molar-refractivity contribution in [1.29, 1.82) is 0 Å². The highest BCUT2D eigenvalue weighted by Crippen LogP contribution is 2.33. The Morgan fingerprint density at radius 3 is 2.27 bits per heavy atom. The van der Waals surface area contributed by atoms with Crippen molar-refractivity contribution in [2.24, 2.45) is 0 Å². The van der Waals surface area contributed by atoms with Crippen LogP contribution in [-0.2, 0) is 15.1 Å². The van der Waals surface area contributed by atoms with E-state index in [1.807, 2.05) is 67.6 Å². The molecule has 4 amide bonds. The third-order valence-corrected chi connectivity index (χ3v) is 5.68. The summed E-state index contributed by atoms with van der Waals surface area (Å²) in [6.07, 6.45) is 2.07. The third kappa shape index (κ3) is 4.37. The van der Waals surface area contributed by atoms with Crippen LogP contribution in [0.2, 0.25) is 0 Å². The molecule has 158 valence electrons. The van der Waals surface area contributed by atoms with Gasteiger partial charge in [0.2, 0.25) is 5.91 Å². The van der Waals surface area contributed by atoms with E-state index in [0.717, 1.165) is 28.9 Å². The molecule has 0 radical (unpaired) electrons. The summed E-state index contributed by atoms with van der Waals surface area (Å²) < 4.78 is 0. The van der Waals surface area contributed by atoms with Crippen molar-refractivity contribution < 1.29 is 14.4 Å². The number of urea groups is 1. The Labute approximate surface area is 177 Å². The van der Waals surface area contributed by atoms with Gasteiger partial charge in [-0.15, -0.1) is 0 Å². The molecular formula is C24H29N3O3. The Balaban J connectivity index is 1.68. The highest BCUT2D eigenvalue weighted by molar-refractivity contribution is 6.09. The molecule has 0 aromatic heterocycles. The van der Waals surface area contributed by atoms with Gasteiger partial charge in [0.15, 0.2) is 0 Å². The molecule has 2 atom stereocenters. The van der Waals surface area contributed by atoms with Crippen LogP contribution in [0.4, 0.5) is 4.79 Å². The van der Waals surface area contributed by atoms with Gasteiger partial charge in [0.05, 0.1) is 0 Å². The summed E-state index contributed by atoms with van der Waals surface area (Å²) in [6, 6.07) is 18.7. The summed E-state index contributed by atoms with van der Waals surface area (Å²) >= 11 is 0. The highest BCUT2D eigenvalue weighted by Gasteiger charge is 2.52. The maximum atomic E-state index is 13.2.